The first-order valence-electron chi connectivity index (χ1n) is 10.4. The molecule has 0 spiro atoms. The van der Waals surface area contributed by atoms with E-state index in [0.717, 1.165) is 29.0 Å². The molecule has 1 unspecified atom stereocenters. The molecule has 1 amide bonds. The van der Waals surface area contributed by atoms with Crippen molar-refractivity contribution in [1.82, 2.24) is 14.9 Å². The maximum absolute atomic E-state index is 12.7. The van der Waals surface area contributed by atoms with E-state index in [1.807, 2.05) is 55.5 Å². The molecule has 0 aliphatic carbocycles. The second-order valence-corrected chi connectivity index (χ2v) is 8.34. The summed E-state index contributed by atoms with van der Waals surface area (Å²) in [5, 5.41) is 4.25. The highest BCUT2D eigenvalue weighted by Crippen LogP contribution is 2.22. The average molecular weight is 468 g/mol. The van der Waals surface area contributed by atoms with Crippen LogP contribution in [-0.2, 0) is 6.54 Å². The van der Waals surface area contributed by atoms with E-state index in [-0.39, 0.29) is 11.9 Å². The monoisotopic (exact) mass is 467 g/mol. The third-order valence-electron chi connectivity index (χ3n) is 5.11. The summed E-state index contributed by atoms with van der Waals surface area (Å²) in [7, 11) is 0. The molecule has 32 heavy (non-hydrogen) atoms. The number of hydrogen-bond acceptors (Lipinski definition) is 3. The van der Waals surface area contributed by atoms with Crippen LogP contribution in [0.3, 0.4) is 0 Å². The van der Waals surface area contributed by atoms with E-state index in [1.54, 1.807) is 24.3 Å². The Bertz CT molecular complexity index is 1220. The minimum Gasteiger partial charge on any atom is -0.494 e. The highest BCUT2D eigenvalue weighted by atomic mass is 35.5. The van der Waals surface area contributed by atoms with Crippen molar-refractivity contribution in [2.24, 2.45) is 0 Å². The molecule has 3 aromatic carbocycles. The molecule has 4 aromatic rings. The van der Waals surface area contributed by atoms with Crippen LogP contribution >= 0.6 is 23.2 Å². The number of imidazole rings is 1. The van der Waals surface area contributed by atoms with Gasteiger partial charge in [-0.15, -0.1) is 0 Å². The highest BCUT2D eigenvalue weighted by Gasteiger charge is 2.19. The number of nitrogens with zero attached hydrogens (tertiary/aromatic N) is 2. The molecule has 0 saturated carbocycles. The number of para-hydroxylation sites is 2. The number of fused-ring (bicyclic) bond motifs is 1. The number of aromatic nitrogens is 2. The molecule has 0 aliphatic heterocycles. The minimum atomic E-state index is -0.286. The zero-order valence-electron chi connectivity index (χ0n) is 17.6. The largest absolute Gasteiger partial charge is 0.494 e. The summed E-state index contributed by atoms with van der Waals surface area (Å²) in [6, 6.07) is 21.9. The Balaban J connectivity index is 1.48. The van der Waals surface area contributed by atoms with E-state index in [1.165, 1.54) is 0 Å². The highest BCUT2D eigenvalue weighted by molar-refractivity contribution is 6.31. The van der Waals surface area contributed by atoms with Gasteiger partial charge in [0.25, 0.3) is 5.91 Å². The summed E-state index contributed by atoms with van der Waals surface area (Å²) < 4.78 is 7.97. The number of carbonyl (C=O) groups is 1. The number of nitrogens with one attached hydrogen (secondary N) is 1. The SMILES string of the molecule is CC(NC(=O)c1cccc(Cl)c1)c1nc2ccccc2n1CCCOc1ccc(Cl)cc1. The Morgan fingerprint density at radius 2 is 1.81 bits per heavy atom. The molecule has 0 aliphatic rings. The molecule has 1 atom stereocenters. The van der Waals surface area contributed by atoms with E-state index in [2.05, 4.69) is 9.88 Å². The zero-order chi connectivity index (χ0) is 22.5. The van der Waals surface area contributed by atoms with Gasteiger partial charge in [0.15, 0.2) is 0 Å². The van der Waals surface area contributed by atoms with Crippen molar-refractivity contribution in [2.75, 3.05) is 6.61 Å². The fourth-order valence-electron chi connectivity index (χ4n) is 3.58. The van der Waals surface area contributed by atoms with Crippen LogP contribution in [-0.4, -0.2) is 22.1 Å². The molecule has 1 heterocycles. The molecule has 0 radical (unpaired) electrons. The maximum atomic E-state index is 12.7. The molecule has 0 bridgehead atoms. The first-order chi connectivity index (χ1) is 15.5. The van der Waals surface area contributed by atoms with Crippen molar-refractivity contribution in [3.63, 3.8) is 0 Å². The third-order valence-corrected chi connectivity index (χ3v) is 5.60. The van der Waals surface area contributed by atoms with Gasteiger partial charge >= 0.3 is 0 Å². The van der Waals surface area contributed by atoms with Gasteiger partial charge in [0, 0.05) is 22.2 Å². The zero-order valence-corrected chi connectivity index (χ0v) is 19.1. The molecule has 0 fully saturated rings. The van der Waals surface area contributed by atoms with Gasteiger partial charge in [0.1, 0.15) is 11.6 Å². The van der Waals surface area contributed by atoms with Gasteiger partial charge in [-0.1, -0.05) is 41.4 Å². The van der Waals surface area contributed by atoms with Crippen LogP contribution in [0.5, 0.6) is 5.75 Å². The topological polar surface area (TPSA) is 56.2 Å². The second kappa shape index (κ2) is 10.1. The molecule has 5 nitrogen and oxygen atoms in total. The molecule has 7 heteroatoms. The maximum Gasteiger partial charge on any atom is 0.251 e. The molecular formula is C25H23Cl2N3O2. The molecular weight excluding hydrogens is 445 g/mol. The summed E-state index contributed by atoms with van der Waals surface area (Å²) in [6.45, 7) is 3.20. The van der Waals surface area contributed by atoms with Crippen LogP contribution in [0.2, 0.25) is 10.0 Å². The smallest absolute Gasteiger partial charge is 0.251 e. The number of hydrogen-bond donors (Lipinski definition) is 1. The number of carbonyl (C=O) groups excluding carboxylic acids is 1. The normalized spacial score (nSPS) is 12.0. The van der Waals surface area contributed by atoms with Crippen LogP contribution in [0.4, 0.5) is 0 Å². The fraction of sp³-hybridized carbons (Fsp3) is 0.200. The van der Waals surface area contributed by atoms with Gasteiger partial charge < -0.3 is 14.6 Å². The Kier molecular flexibility index (Phi) is 6.98. The molecule has 0 saturated heterocycles. The van der Waals surface area contributed by atoms with Crippen LogP contribution in [0.25, 0.3) is 11.0 Å². The number of ether oxygens (including phenoxy) is 1. The summed E-state index contributed by atoms with van der Waals surface area (Å²) in [6.07, 6.45) is 0.783. The van der Waals surface area contributed by atoms with Crippen molar-refractivity contribution in [3.05, 3.63) is 94.2 Å². The van der Waals surface area contributed by atoms with Crippen molar-refractivity contribution < 1.29 is 9.53 Å². The molecule has 4 rings (SSSR count). The number of amides is 1. The molecule has 1 N–H and O–H groups in total. The van der Waals surface area contributed by atoms with Crippen LogP contribution in [0, 0.1) is 0 Å². The molecule has 1 aromatic heterocycles. The van der Waals surface area contributed by atoms with Gasteiger partial charge in [0.2, 0.25) is 0 Å². The van der Waals surface area contributed by atoms with Crippen molar-refractivity contribution in [3.8, 4) is 5.75 Å². The summed E-state index contributed by atoms with van der Waals surface area (Å²) in [5.41, 5.74) is 2.44. The number of rotatable bonds is 8. The van der Waals surface area contributed by atoms with Gasteiger partial charge in [0.05, 0.1) is 23.7 Å². The van der Waals surface area contributed by atoms with Crippen molar-refractivity contribution in [2.45, 2.75) is 25.9 Å². The summed E-state index contributed by atoms with van der Waals surface area (Å²) in [5.74, 6) is 1.39. The van der Waals surface area contributed by atoms with E-state index in [9.17, 15) is 4.79 Å². The second-order valence-electron chi connectivity index (χ2n) is 7.47. The predicted molar refractivity (Wildman–Crippen MR) is 129 cm³/mol. The van der Waals surface area contributed by atoms with Gasteiger partial charge in [-0.25, -0.2) is 4.98 Å². The Hall–Kier alpha value is -3.02. The van der Waals surface area contributed by atoms with E-state index in [4.69, 9.17) is 32.9 Å². The van der Waals surface area contributed by atoms with Crippen molar-refractivity contribution in [1.29, 1.82) is 0 Å². The lowest BCUT2D eigenvalue weighted by molar-refractivity contribution is 0.0937. The van der Waals surface area contributed by atoms with Gasteiger partial charge in [-0.05, 0) is 67.9 Å². The van der Waals surface area contributed by atoms with E-state index < -0.39 is 0 Å². The molecule has 164 valence electrons. The lowest BCUT2D eigenvalue weighted by Gasteiger charge is -2.17. The number of benzene rings is 3. The lowest BCUT2D eigenvalue weighted by atomic mass is 10.2. The summed E-state index contributed by atoms with van der Waals surface area (Å²) >= 11 is 12.0. The Morgan fingerprint density at radius 1 is 1.03 bits per heavy atom. The predicted octanol–water partition coefficient (Wildman–Crippen LogP) is 6.30. The fourth-order valence-corrected chi connectivity index (χ4v) is 3.89. The van der Waals surface area contributed by atoms with E-state index >= 15 is 0 Å². The van der Waals surface area contributed by atoms with Gasteiger partial charge in [-0.2, -0.15) is 0 Å². The van der Waals surface area contributed by atoms with Crippen molar-refractivity contribution >= 4 is 40.1 Å². The average Bonchev–Trinajstić information content (AvgIpc) is 3.16. The summed E-state index contributed by atoms with van der Waals surface area (Å²) in [4.78, 5) is 17.5. The van der Waals surface area contributed by atoms with Crippen LogP contribution in [0.15, 0.2) is 72.8 Å². The number of aryl methyl sites for hydroxylation is 1. The van der Waals surface area contributed by atoms with Gasteiger partial charge in [-0.3, -0.25) is 4.79 Å². The first kappa shape index (κ1) is 22.2. The van der Waals surface area contributed by atoms with Crippen LogP contribution in [0.1, 0.15) is 35.6 Å². The van der Waals surface area contributed by atoms with Crippen LogP contribution < -0.4 is 10.1 Å². The quantitative estimate of drug-likeness (QED) is 0.309. The number of halogens is 2. The Labute approximate surface area is 196 Å². The van der Waals surface area contributed by atoms with E-state index in [0.29, 0.717) is 28.8 Å². The first-order valence-corrected chi connectivity index (χ1v) is 11.2. The standard InChI is InChI=1S/C25H23Cl2N3O2/c1-17(28-25(31)18-6-4-7-20(27)16-18)24-29-22-8-2-3-9-23(22)30(24)14-5-15-32-21-12-10-19(26)11-13-21/h2-4,6-13,16-17H,5,14-15H2,1H3,(H,28,31). The minimum absolute atomic E-state index is 0.190. The lowest BCUT2D eigenvalue weighted by Crippen LogP contribution is -2.28. The third kappa shape index (κ3) is 5.23. The Morgan fingerprint density at radius 3 is 2.59 bits per heavy atom.